The van der Waals surface area contributed by atoms with E-state index < -0.39 is 5.54 Å². The van der Waals surface area contributed by atoms with Gasteiger partial charge in [-0.15, -0.1) is 0 Å². The van der Waals surface area contributed by atoms with Gasteiger partial charge in [0, 0.05) is 18.2 Å². The Balaban J connectivity index is 1.47. The van der Waals surface area contributed by atoms with Crippen LogP contribution in [0.5, 0.6) is 0 Å². The number of nitrogen functional groups attached to an aromatic ring is 1. The molecule has 6 rings (SSSR count). The van der Waals surface area contributed by atoms with E-state index in [0.29, 0.717) is 34.8 Å². The summed E-state index contributed by atoms with van der Waals surface area (Å²) in [6, 6.07) is 8.01. The van der Waals surface area contributed by atoms with E-state index in [9.17, 15) is 15.6 Å². The average molecular weight is 413 g/mol. The third kappa shape index (κ3) is 2.18. The SMILES string of the molecule is N#CC1C2[C@@H](C#N)C[C@]12n1cc(-c2nc(-c3cc(CO)on3)cn3nccc23)c(N)n1. The lowest BCUT2D eigenvalue weighted by Crippen LogP contribution is -2.35. The first-order chi connectivity index (χ1) is 15.1. The summed E-state index contributed by atoms with van der Waals surface area (Å²) < 4.78 is 8.49. The molecule has 0 radical (unpaired) electrons. The topological polar surface area (TPSA) is 168 Å². The standard InChI is InChI=1S/C20H15N9O2/c21-5-10-4-20(13(6-22)17(10)20)29-7-12(19(23)26-29)18-16-1-2-24-28(16)8-15(25-18)14-3-11(9-30)31-27-14/h1-3,7-8,10,13,17,30H,4,9H2,(H2,23,26)/t10-,13?,17?,20+/m1/s1. The Morgan fingerprint density at radius 1 is 1.29 bits per heavy atom. The smallest absolute Gasteiger partial charge is 0.162 e. The van der Waals surface area contributed by atoms with Gasteiger partial charge in [-0.1, -0.05) is 5.16 Å². The number of nitrogens with zero attached hydrogens (tertiary/aromatic N) is 8. The molecule has 3 N–H and O–H groups in total. The summed E-state index contributed by atoms with van der Waals surface area (Å²) in [6.45, 7) is -0.267. The van der Waals surface area contributed by atoms with Gasteiger partial charge in [-0.05, 0) is 12.5 Å². The van der Waals surface area contributed by atoms with Crippen molar-refractivity contribution in [2.45, 2.75) is 18.6 Å². The van der Waals surface area contributed by atoms with Gasteiger partial charge in [0.2, 0.25) is 0 Å². The number of nitriles is 2. The third-order valence-corrected chi connectivity index (χ3v) is 6.44. The number of hydrogen-bond donors (Lipinski definition) is 2. The number of anilines is 1. The predicted octanol–water partition coefficient (Wildman–Crippen LogP) is 1.33. The Bertz CT molecular complexity index is 1430. The van der Waals surface area contributed by atoms with E-state index >= 15 is 0 Å². The number of aliphatic hydroxyl groups is 1. The fourth-order valence-corrected chi connectivity index (χ4v) is 4.86. The van der Waals surface area contributed by atoms with Crippen LogP contribution in [-0.4, -0.2) is 34.6 Å². The first-order valence-electron chi connectivity index (χ1n) is 9.67. The van der Waals surface area contributed by atoms with E-state index in [-0.39, 0.29) is 30.2 Å². The molecule has 2 unspecified atom stereocenters. The van der Waals surface area contributed by atoms with Crippen molar-refractivity contribution >= 4 is 11.3 Å². The summed E-state index contributed by atoms with van der Waals surface area (Å²) >= 11 is 0. The van der Waals surface area contributed by atoms with Crippen molar-refractivity contribution in [3.63, 3.8) is 0 Å². The molecule has 0 bridgehead atoms. The predicted molar refractivity (Wildman–Crippen MR) is 104 cm³/mol. The first kappa shape index (κ1) is 17.6. The van der Waals surface area contributed by atoms with Crippen LogP contribution in [0.15, 0.2) is 35.2 Å². The molecule has 0 saturated heterocycles. The van der Waals surface area contributed by atoms with Gasteiger partial charge in [0.05, 0.1) is 53.0 Å². The lowest BCUT2D eigenvalue weighted by Gasteiger charge is -2.29. The normalized spacial score (nSPS) is 26.1. The molecule has 2 saturated carbocycles. The highest BCUT2D eigenvalue weighted by Gasteiger charge is 2.78. The summed E-state index contributed by atoms with van der Waals surface area (Å²) in [4.78, 5) is 4.73. The van der Waals surface area contributed by atoms with Crippen molar-refractivity contribution in [2.24, 2.45) is 17.8 Å². The highest BCUT2D eigenvalue weighted by molar-refractivity contribution is 5.83. The van der Waals surface area contributed by atoms with E-state index in [1.807, 2.05) is 6.07 Å². The minimum Gasteiger partial charge on any atom is -0.388 e. The van der Waals surface area contributed by atoms with Crippen molar-refractivity contribution in [1.82, 2.24) is 29.5 Å². The Morgan fingerprint density at radius 3 is 2.90 bits per heavy atom. The molecule has 4 heterocycles. The van der Waals surface area contributed by atoms with Crippen LogP contribution >= 0.6 is 0 Å². The van der Waals surface area contributed by atoms with E-state index in [0.717, 1.165) is 5.52 Å². The number of hydrogen-bond acceptors (Lipinski definition) is 9. The van der Waals surface area contributed by atoms with Crippen molar-refractivity contribution in [3.05, 3.63) is 36.5 Å². The second-order valence-corrected chi connectivity index (χ2v) is 7.91. The fraction of sp³-hybridized carbons (Fsp3) is 0.300. The molecule has 0 amide bonds. The molecule has 11 nitrogen and oxygen atoms in total. The summed E-state index contributed by atoms with van der Waals surface area (Å²) in [7, 11) is 0. The van der Waals surface area contributed by atoms with Crippen LogP contribution in [0.4, 0.5) is 5.82 Å². The molecule has 4 aromatic heterocycles. The van der Waals surface area contributed by atoms with Gasteiger partial charge in [-0.3, -0.25) is 4.68 Å². The maximum absolute atomic E-state index is 9.53. The second kappa shape index (κ2) is 5.90. The number of aromatic nitrogens is 6. The number of aliphatic hydroxyl groups excluding tert-OH is 1. The van der Waals surface area contributed by atoms with E-state index in [4.69, 9.17) is 15.2 Å². The Kier molecular flexibility index (Phi) is 3.36. The summed E-state index contributed by atoms with van der Waals surface area (Å²) in [6.07, 6.45) is 5.75. The van der Waals surface area contributed by atoms with Gasteiger partial charge in [0.15, 0.2) is 11.6 Å². The number of nitrogens with two attached hydrogens (primary N) is 1. The van der Waals surface area contributed by atoms with E-state index in [1.165, 1.54) is 0 Å². The molecule has 0 aromatic carbocycles. The minimum atomic E-state index is -0.461. The van der Waals surface area contributed by atoms with Crippen LogP contribution in [0.3, 0.4) is 0 Å². The van der Waals surface area contributed by atoms with Gasteiger partial charge in [0.25, 0.3) is 0 Å². The van der Waals surface area contributed by atoms with Gasteiger partial charge in [0.1, 0.15) is 23.7 Å². The molecule has 152 valence electrons. The lowest BCUT2D eigenvalue weighted by atomic mass is 9.81. The van der Waals surface area contributed by atoms with Crippen LogP contribution in [-0.2, 0) is 12.1 Å². The molecular weight excluding hydrogens is 398 g/mol. The zero-order chi connectivity index (χ0) is 21.3. The van der Waals surface area contributed by atoms with Crippen LogP contribution in [0.25, 0.3) is 28.2 Å². The average Bonchev–Trinajstić information content (AvgIpc) is 3.32. The highest BCUT2D eigenvalue weighted by Crippen LogP contribution is 2.72. The maximum Gasteiger partial charge on any atom is 0.162 e. The van der Waals surface area contributed by atoms with Crippen molar-refractivity contribution in [3.8, 4) is 34.8 Å². The van der Waals surface area contributed by atoms with Gasteiger partial charge < -0.3 is 15.4 Å². The molecule has 31 heavy (non-hydrogen) atoms. The number of fused-ring (bicyclic) bond motifs is 2. The lowest BCUT2D eigenvalue weighted by molar-refractivity contribution is 0.210. The number of rotatable bonds is 4. The molecule has 2 aliphatic carbocycles. The van der Waals surface area contributed by atoms with Crippen molar-refractivity contribution in [1.29, 1.82) is 10.5 Å². The summed E-state index contributed by atoms with van der Waals surface area (Å²) in [5.74, 6) is 0.210. The molecule has 11 heteroatoms. The summed E-state index contributed by atoms with van der Waals surface area (Å²) in [5.41, 5.74) is 8.66. The molecule has 2 aliphatic rings. The summed E-state index contributed by atoms with van der Waals surface area (Å²) in [5, 5.41) is 40.8. The van der Waals surface area contributed by atoms with Gasteiger partial charge in [-0.2, -0.15) is 20.7 Å². The second-order valence-electron chi connectivity index (χ2n) is 7.91. The van der Waals surface area contributed by atoms with Crippen LogP contribution in [0, 0.1) is 40.4 Å². The maximum atomic E-state index is 9.53. The molecule has 2 fully saturated rings. The largest absolute Gasteiger partial charge is 0.388 e. The van der Waals surface area contributed by atoms with Crippen molar-refractivity contribution < 1.29 is 9.63 Å². The quantitative estimate of drug-likeness (QED) is 0.501. The third-order valence-electron chi connectivity index (χ3n) is 6.44. The zero-order valence-electron chi connectivity index (χ0n) is 16.0. The van der Waals surface area contributed by atoms with Gasteiger partial charge in [-0.25, -0.2) is 9.50 Å². The molecule has 0 spiro atoms. The van der Waals surface area contributed by atoms with Crippen LogP contribution < -0.4 is 5.73 Å². The molecule has 0 aliphatic heterocycles. The van der Waals surface area contributed by atoms with Crippen LogP contribution in [0.1, 0.15) is 12.2 Å². The first-order valence-corrected chi connectivity index (χ1v) is 9.67. The molecule has 4 atom stereocenters. The van der Waals surface area contributed by atoms with Crippen LogP contribution in [0.2, 0.25) is 0 Å². The van der Waals surface area contributed by atoms with E-state index in [2.05, 4.69) is 27.5 Å². The molecular formula is C20H15N9O2. The Hall–Kier alpha value is -4.22. The highest BCUT2D eigenvalue weighted by atomic mass is 16.5. The van der Waals surface area contributed by atoms with Crippen molar-refractivity contribution in [2.75, 3.05) is 5.73 Å². The van der Waals surface area contributed by atoms with E-state index in [1.54, 1.807) is 33.9 Å². The minimum absolute atomic E-state index is 0.0176. The monoisotopic (exact) mass is 413 g/mol. The van der Waals surface area contributed by atoms with Gasteiger partial charge >= 0.3 is 0 Å². The zero-order valence-corrected chi connectivity index (χ0v) is 16.0. The fourth-order valence-electron chi connectivity index (χ4n) is 4.86. The Morgan fingerprint density at radius 2 is 2.16 bits per heavy atom. The Labute approximate surface area is 174 Å². The molecule has 4 aromatic rings.